The summed E-state index contributed by atoms with van der Waals surface area (Å²) in [7, 11) is 0. The maximum Gasteiger partial charge on any atom is 0.176 e. The van der Waals surface area contributed by atoms with E-state index in [0.717, 1.165) is 6.29 Å². The molecule has 0 aliphatic heterocycles. The van der Waals surface area contributed by atoms with Crippen LogP contribution in [-0.4, -0.2) is 26.4 Å². The summed E-state index contributed by atoms with van der Waals surface area (Å²) < 4.78 is 3.87. The summed E-state index contributed by atoms with van der Waals surface area (Å²) in [4.78, 5) is 29.3. The zero-order chi connectivity index (χ0) is 11.7. The zero-order valence-electron chi connectivity index (χ0n) is 8.77. The van der Waals surface area contributed by atoms with Gasteiger partial charge in [-0.05, 0) is 24.0 Å². The van der Waals surface area contributed by atoms with Crippen molar-refractivity contribution in [2.75, 3.05) is 0 Å². The van der Waals surface area contributed by atoms with E-state index in [1.807, 2.05) is 0 Å². The van der Waals surface area contributed by atoms with Gasteiger partial charge < -0.3 is 4.98 Å². The molecule has 0 aromatic carbocycles. The van der Waals surface area contributed by atoms with Gasteiger partial charge in [-0.1, -0.05) is 0 Å². The minimum absolute atomic E-state index is 0.101. The van der Waals surface area contributed by atoms with Crippen LogP contribution in [0.4, 0.5) is 0 Å². The number of aromatic amines is 1. The molecular formula is C10H9N3O2S. The van der Waals surface area contributed by atoms with Crippen LogP contribution in [-0.2, 0) is 0 Å². The third kappa shape index (κ3) is 1.57. The minimum atomic E-state index is -0.101. The maximum atomic E-state index is 11.3. The van der Waals surface area contributed by atoms with Crippen molar-refractivity contribution >= 4 is 23.6 Å². The molecule has 6 heteroatoms. The van der Waals surface area contributed by atoms with E-state index in [-0.39, 0.29) is 5.78 Å². The highest BCUT2D eigenvalue weighted by Gasteiger charge is 2.18. The third-order valence-electron chi connectivity index (χ3n) is 2.34. The predicted molar refractivity (Wildman–Crippen MR) is 59.8 cm³/mol. The van der Waals surface area contributed by atoms with Gasteiger partial charge in [0.25, 0.3) is 0 Å². The van der Waals surface area contributed by atoms with E-state index in [0.29, 0.717) is 27.5 Å². The Morgan fingerprint density at radius 2 is 2.31 bits per heavy atom. The van der Waals surface area contributed by atoms with Gasteiger partial charge >= 0.3 is 0 Å². The van der Waals surface area contributed by atoms with Crippen molar-refractivity contribution in [3.63, 3.8) is 0 Å². The first-order valence-corrected chi connectivity index (χ1v) is 5.38. The maximum absolute atomic E-state index is 11.3. The zero-order valence-corrected chi connectivity index (χ0v) is 9.59. The number of hydrogen-bond acceptors (Lipinski definition) is 5. The van der Waals surface area contributed by atoms with Gasteiger partial charge in [-0.2, -0.15) is 4.37 Å². The molecule has 0 aliphatic carbocycles. The third-order valence-corrected chi connectivity index (χ3v) is 3.03. The van der Waals surface area contributed by atoms with Crippen molar-refractivity contribution < 1.29 is 9.59 Å². The molecule has 0 aliphatic rings. The lowest BCUT2D eigenvalue weighted by Gasteiger charge is -1.91. The number of ketones is 1. The number of aromatic nitrogens is 3. The van der Waals surface area contributed by atoms with Gasteiger partial charge in [-0.3, -0.25) is 9.59 Å². The summed E-state index contributed by atoms with van der Waals surface area (Å²) in [6, 6.07) is 0. The number of rotatable bonds is 3. The lowest BCUT2D eigenvalue weighted by Crippen LogP contribution is -1.94. The predicted octanol–water partition coefficient (Wildman–Crippen LogP) is 1.86. The molecule has 0 radical (unpaired) electrons. The van der Waals surface area contributed by atoms with Crippen LogP contribution in [0.15, 0.2) is 6.33 Å². The number of hydrogen-bond donors (Lipinski definition) is 1. The fourth-order valence-electron chi connectivity index (χ4n) is 1.56. The van der Waals surface area contributed by atoms with Crippen LogP contribution in [0.3, 0.4) is 0 Å². The normalized spacial score (nSPS) is 10.4. The van der Waals surface area contributed by atoms with Crippen LogP contribution in [0.1, 0.15) is 33.3 Å². The monoisotopic (exact) mass is 235 g/mol. The van der Waals surface area contributed by atoms with Crippen LogP contribution in [0, 0.1) is 6.92 Å². The first-order chi connectivity index (χ1) is 7.65. The molecule has 0 atom stereocenters. The van der Waals surface area contributed by atoms with E-state index in [9.17, 15) is 9.59 Å². The molecule has 2 rings (SSSR count). The van der Waals surface area contributed by atoms with E-state index >= 15 is 0 Å². The Hall–Kier alpha value is -1.82. The Morgan fingerprint density at radius 3 is 2.81 bits per heavy atom. The Balaban J connectivity index is 2.66. The fourth-order valence-corrected chi connectivity index (χ4v) is 2.10. The van der Waals surface area contributed by atoms with Gasteiger partial charge in [-0.15, -0.1) is 0 Å². The Kier molecular flexibility index (Phi) is 2.66. The summed E-state index contributed by atoms with van der Waals surface area (Å²) in [5.41, 5.74) is 2.15. The summed E-state index contributed by atoms with van der Waals surface area (Å²) in [6.07, 6.45) is 2.15. The summed E-state index contributed by atoms with van der Waals surface area (Å²) >= 11 is 1.18. The van der Waals surface area contributed by atoms with Gasteiger partial charge in [0.05, 0.1) is 11.4 Å². The number of nitrogens with zero attached hydrogens (tertiary/aromatic N) is 2. The summed E-state index contributed by atoms with van der Waals surface area (Å²) in [6.45, 7) is 3.19. The molecule has 0 saturated carbocycles. The Morgan fingerprint density at radius 1 is 1.56 bits per heavy atom. The van der Waals surface area contributed by atoms with Crippen LogP contribution in [0.2, 0.25) is 0 Å². The second kappa shape index (κ2) is 3.97. The number of H-pyrrole nitrogens is 1. The molecule has 82 valence electrons. The minimum Gasteiger partial charge on any atom is -0.349 e. The quantitative estimate of drug-likeness (QED) is 0.650. The first kappa shape index (κ1) is 10.7. The summed E-state index contributed by atoms with van der Waals surface area (Å²) in [5.74, 6) is -0.101. The molecule has 1 N–H and O–H groups in total. The molecule has 0 unspecified atom stereocenters. The lowest BCUT2D eigenvalue weighted by molar-refractivity contribution is 0.101. The van der Waals surface area contributed by atoms with Crippen molar-refractivity contribution in [1.29, 1.82) is 0 Å². The number of Topliss-reactive ketones (excluding diaryl/α,β-unsaturated/α-hetero) is 1. The van der Waals surface area contributed by atoms with Crippen molar-refractivity contribution in [3.8, 4) is 10.7 Å². The largest absolute Gasteiger partial charge is 0.349 e. The Labute approximate surface area is 95.7 Å². The van der Waals surface area contributed by atoms with Gasteiger partial charge in [0.15, 0.2) is 17.1 Å². The number of carbonyl (C=O) groups excluding carboxylic acids is 2. The van der Waals surface area contributed by atoms with Crippen LogP contribution >= 0.6 is 11.5 Å². The van der Waals surface area contributed by atoms with E-state index in [2.05, 4.69) is 14.3 Å². The first-order valence-electron chi connectivity index (χ1n) is 4.61. The van der Waals surface area contributed by atoms with E-state index in [4.69, 9.17) is 0 Å². The average molecular weight is 235 g/mol. The number of carbonyl (C=O) groups is 2. The second-order valence-electron chi connectivity index (χ2n) is 3.33. The molecular weight excluding hydrogens is 226 g/mol. The average Bonchev–Trinajstić information content (AvgIpc) is 2.83. The topological polar surface area (TPSA) is 75.7 Å². The molecule has 5 nitrogen and oxygen atoms in total. The van der Waals surface area contributed by atoms with E-state index in [1.54, 1.807) is 6.92 Å². The number of nitrogens with one attached hydrogen (secondary N) is 1. The van der Waals surface area contributed by atoms with Gasteiger partial charge in [0.2, 0.25) is 0 Å². The highest BCUT2D eigenvalue weighted by atomic mass is 32.1. The molecule has 2 aromatic rings. The van der Waals surface area contributed by atoms with E-state index in [1.165, 1.54) is 24.8 Å². The summed E-state index contributed by atoms with van der Waals surface area (Å²) in [5, 5.41) is 0.609. The molecule has 0 spiro atoms. The van der Waals surface area contributed by atoms with Gasteiger partial charge in [0.1, 0.15) is 6.33 Å². The molecule has 0 fully saturated rings. The molecule has 0 bridgehead atoms. The van der Waals surface area contributed by atoms with Crippen molar-refractivity contribution in [1.82, 2.24) is 14.3 Å². The standard InChI is InChI=1S/C10H9N3O2S/c1-5-7(3-14)9(10-11-4-12-16-10)13-8(5)6(2)15/h3-4,13H,1-2H3. The SMILES string of the molecule is CC(=O)c1[nH]c(-c2ncns2)c(C=O)c1C. The van der Waals surface area contributed by atoms with Crippen LogP contribution < -0.4 is 0 Å². The molecule has 0 saturated heterocycles. The lowest BCUT2D eigenvalue weighted by atomic mass is 10.1. The molecule has 2 heterocycles. The molecule has 0 amide bonds. The molecule has 2 aromatic heterocycles. The van der Waals surface area contributed by atoms with Crippen molar-refractivity contribution in [2.45, 2.75) is 13.8 Å². The van der Waals surface area contributed by atoms with Crippen LogP contribution in [0.25, 0.3) is 10.7 Å². The van der Waals surface area contributed by atoms with Crippen molar-refractivity contribution in [2.24, 2.45) is 0 Å². The van der Waals surface area contributed by atoms with Crippen molar-refractivity contribution in [3.05, 3.63) is 23.1 Å². The van der Waals surface area contributed by atoms with Crippen LogP contribution in [0.5, 0.6) is 0 Å². The van der Waals surface area contributed by atoms with Gasteiger partial charge in [0, 0.05) is 12.5 Å². The van der Waals surface area contributed by atoms with E-state index < -0.39 is 0 Å². The van der Waals surface area contributed by atoms with Gasteiger partial charge in [-0.25, -0.2) is 4.98 Å². The smallest absolute Gasteiger partial charge is 0.176 e. The highest BCUT2D eigenvalue weighted by Crippen LogP contribution is 2.27. The highest BCUT2D eigenvalue weighted by molar-refractivity contribution is 7.09. The second-order valence-corrected chi connectivity index (χ2v) is 4.11. The Bertz CT molecular complexity index is 543. The number of aldehydes is 1. The fraction of sp³-hybridized carbons (Fsp3) is 0.200. The molecule has 16 heavy (non-hydrogen) atoms.